The SMILES string of the molecule is CCOC(=O)c1cc([N+](=O)[O-])cc([N+](=O)[O-])c1NC(C)(C)C. The van der Waals surface area contributed by atoms with E-state index >= 15 is 0 Å². The van der Waals surface area contributed by atoms with Gasteiger partial charge >= 0.3 is 5.97 Å². The number of nitrogens with one attached hydrogen (secondary N) is 1. The Balaban J connectivity index is 3.62. The van der Waals surface area contributed by atoms with Crippen molar-refractivity contribution < 1.29 is 19.4 Å². The Kier molecular flexibility index (Phi) is 5.02. The molecule has 0 aliphatic rings. The van der Waals surface area contributed by atoms with Crippen LogP contribution in [0.4, 0.5) is 17.1 Å². The lowest BCUT2D eigenvalue weighted by Gasteiger charge is -2.23. The monoisotopic (exact) mass is 311 g/mol. The number of nitro benzene ring substituents is 2. The first kappa shape index (κ1) is 17.3. The van der Waals surface area contributed by atoms with E-state index in [4.69, 9.17) is 4.74 Å². The summed E-state index contributed by atoms with van der Waals surface area (Å²) >= 11 is 0. The van der Waals surface area contributed by atoms with Gasteiger partial charge in [0.15, 0.2) is 0 Å². The topological polar surface area (TPSA) is 125 Å². The first-order chi connectivity index (χ1) is 10.1. The molecule has 0 aliphatic heterocycles. The minimum Gasteiger partial charge on any atom is -0.462 e. The van der Waals surface area contributed by atoms with E-state index < -0.39 is 32.7 Å². The minimum atomic E-state index is -0.860. The predicted molar refractivity (Wildman–Crippen MR) is 79.1 cm³/mol. The summed E-state index contributed by atoms with van der Waals surface area (Å²) in [7, 11) is 0. The van der Waals surface area contributed by atoms with E-state index in [0.717, 1.165) is 12.1 Å². The van der Waals surface area contributed by atoms with Crippen molar-refractivity contribution in [2.75, 3.05) is 11.9 Å². The van der Waals surface area contributed by atoms with E-state index in [1.807, 2.05) is 0 Å². The lowest BCUT2D eigenvalue weighted by atomic mass is 10.0. The van der Waals surface area contributed by atoms with Crippen LogP contribution in [-0.2, 0) is 4.74 Å². The summed E-state index contributed by atoms with van der Waals surface area (Å²) in [5.41, 5.74) is -2.03. The largest absolute Gasteiger partial charge is 0.462 e. The molecule has 1 aromatic carbocycles. The Morgan fingerprint density at radius 2 is 1.82 bits per heavy atom. The molecule has 0 spiro atoms. The molecule has 0 heterocycles. The smallest absolute Gasteiger partial charge is 0.340 e. The molecule has 9 heteroatoms. The zero-order chi connectivity index (χ0) is 17.1. The highest BCUT2D eigenvalue weighted by Gasteiger charge is 2.30. The van der Waals surface area contributed by atoms with Gasteiger partial charge in [0, 0.05) is 11.6 Å². The van der Waals surface area contributed by atoms with Crippen molar-refractivity contribution in [1.29, 1.82) is 0 Å². The van der Waals surface area contributed by atoms with Gasteiger partial charge in [-0.15, -0.1) is 0 Å². The molecular formula is C13H17N3O6. The van der Waals surface area contributed by atoms with E-state index in [0.29, 0.717) is 0 Å². The number of anilines is 1. The highest BCUT2D eigenvalue weighted by atomic mass is 16.6. The summed E-state index contributed by atoms with van der Waals surface area (Å²) in [4.78, 5) is 32.5. The lowest BCUT2D eigenvalue weighted by molar-refractivity contribution is -0.393. The highest BCUT2D eigenvalue weighted by Crippen LogP contribution is 2.35. The summed E-state index contributed by atoms with van der Waals surface area (Å²) in [6.45, 7) is 6.85. The second kappa shape index (κ2) is 6.37. The number of rotatable bonds is 5. The fourth-order valence-corrected chi connectivity index (χ4v) is 1.74. The predicted octanol–water partition coefficient (Wildman–Crippen LogP) is 2.89. The third-order valence-corrected chi connectivity index (χ3v) is 2.51. The second-order valence-electron chi connectivity index (χ2n) is 5.50. The van der Waals surface area contributed by atoms with Crippen LogP contribution in [0.1, 0.15) is 38.1 Å². The van der Waals surface area contributed by atoms with Gasteiger partial charge in [0.1, 0.15) is 5.69 Å². The Hall–Kier alpha value is -2.71. The van der Waals surface area contributed by atoms with Gasteiger partial charge in [0.05, 0.1) is 28.1 Å². The number of benzene rings is 1. The molecule has 0 atom stereocenters. The van der Waals surface area contributed by atoms with Gasteiger partial charge < -0.3 is 10.1 Å². The molecule has 0 amide bonds. The maximum Gasteiger partial charge on any atom is 0.340 e. The first-order valence-corrected chi connectivity index (χ1v) is 6.49. The minimum absolute atomic E-state index is 0.0459. The van der Waals surface area contributed by atoms with Crippen molar-refractivity contribution in [2.45, 2.75) is 33.2 Å². The lowest BCUT2D eigenvalue weighted by Crippen LogP contribution is -2.28. The molecule has 1 aromatic rings. The zero-order valence-corrected chi connectivity index (χ0v) is 12.7. The normalized spacial score (nSPS) is 10.9. The van der Waals surface area contributed by atoms with Crippen LogP contribution >= 0.6 is 0 Å². The van der Waals surface area contributed by atoms with Crippen LogP contribution in [0.25, 0.3) is 0 Å². The number of esters is 1. The molecule has 0 fully saturated rings. The standard InChI is InChI=1S/C13H17N3O6/c1-5-22-12(17)9-6-8(15(18)19)7-10(16(20)21)11(9)14-13(2,3)4/h6-7,14H,5H2,1-4H3. The molecule has 0 aromatic heterocycles. The zero-order valence-electron chi connectivity index (χ0n) is 12.7. The van der Waals surface area contributed by atoms with Crippen molar-refractivity contribution in [3.63, 3.8) is 0 Å². The van der Waals surface area contributed by atoms with Crippen LogP contribution in [0.5, 0.6) is 0 Å². The number of hydrogen-bond acceptors (Lipinski definition) is 7. The van der Waals surface area contributed by atoms with Gasteiger partial charge in [-0.25, -0.2) is 4.79 Å². The van der Waals surface area contributed by atoms with Gasteiger partial charge in [-0.2, -0.15) is 0 Å². The van der Waals surface area contributed by atoms with Crippen molar-refractivity contribution in [3.8, 4) is 0 Å². The van der Waals surface area contributed by atoms with Gasteiger partial charge in [0.25, 0.3) is 11.4 Å². The van der Waals surface area contributed by atoms with Crippen LogP contribution < -0.4 is 5.32 Å². The molecule has 120 valence electrons. The van der Waals surface area contributed by atoms with Crippen LogP contribution in [0.2, 0.25) is 0 Å². The van der Waals surface area contributed by atoms with Crippen molar-refractivity contribution in [1.82, 2.24) is 0 Å². The fourth-order valence-electron chi connectivity index (χ4n) is 1.74. The second-order valence-corrected chi connectivity index (χ2v) is 5.50. The number of nitrogens with zero attached hydrogens (tertiary/aromatic N) is 2. The average Bonchev–Trinajstić information content (AvgIpc) is 2.36. The Morgan fingerprint density at radius 3 is 2.23 bits per heavy atom. The van der Waals surface area contributed by atoms with Crippen molar-refractivity contribution in [3.05, 3.63) is 37.9 Å². The maximum absolute atomic E-state index is 12.0. The Morgan fingerprint density at radius 1 is 1.23 bits per heavy atom. The van der Waals surface area contributed by atoms with Crippen LogP contribution in [0, 0.1) is 20.2 Å². The maximum atomic E-state index is 12.0. The van der Waals surface area contributed by atoms with Crippen molar-refractivity contribution in [2.24, 2.45) is 0 Å². The molecule has 9 nitrogen and oxygen atoms in total. The number of non-ortho nitro benzene ring substituents is 1. The van der Waals surface area contributed by atoms with Gasteiger partial charge in [-0.1, -0.05) is 0 Å². The molecule has 0 unspecified atom stereocenters. The molecule has 22 heavy (non-hydrogen) atoms. The molecule has 1 rings (SSSR count). The van der Waals surface area contributed by atoms with Gasteiger partial charge in [0.2, 0.25) is 0 Å². The van der Waals surface area contributed by atoms with E-state index in [1.54, 1.807) is 27.7 Å². The highest BCUT2D eigenvalue weighted by molar-refractivity contribution is 5.99. The number of hydrogen-bond donors (Lipinski definition) is 1. The van der Waals surface area contributed by atoms with Crippen LogP contribution in [0.15, 0.2) is 12.1 Å². The third kappa shape index (κ3) is 4.14. The van der Waals surface area contributed by atoms with E-state index in [2.05, 4.69) is 5.32 Å². The summed E-state index contributed by atoms with van der Waals surface area (Å²) in [5, 5.41) is 25.0. The number of carbonyl (C=O) groups excluding carboxylic acids is 1. The van der Waals surface area contributed by atoms with Crippen LogP contribution in [-0.4, -0.2) is 28.0 Å². The summed E-state index contributed by atoms with van der Waals surface area (Å²) < 4.78 is 4.83. The number of carbonyl (C=O) groups is 1. The Bertz CT molecular complexity index is 621. The van der Waals surface area contributed by atoms with Crippen LogP contribution in [0.3, 0.4) is 0 Å². The average molecular weight is 311 g/mol. The van der Waals surface area contributed by atoms with E-state index in [9.17, 15) is 25.0 Å². The molecule has 0 saturated carbocycles. The van der Waals surface area contributed by atoms with Gasteiger partial charge in [-0.05, 0) is 27.7 Å². The quantitative estimate of drug-likeness (QED) is 0.503. The fraction of sp³-hybridized carbons (Fsp3) is 0.462. The summed E-state index contributed by atoms with van der Waals surface area (Å²) in [6.07, 6.45) is 0. The number of nitro groups is 2. The third-order valence-electron chi connectivity index (χ3n) is 2.51. The molecule has 0 saturated heterocycles. The Labute approximate surface area is 126 Å². The van der Waals surface area contributed by atoms with E-state index in [-0.39, 0.29) is 17.9 Å². The summed E-state index contributed by atoms with van der Waals surface area (Å²) in [5.74, 6) is -0.860. The molecule has 0 radical (unpaired) electrons. The first-order valence-electron chi connectivity index (χ1n) is 6.49. The molecular weight excluding hydrogens is 294 g/mol. The number of ether oxygens (including phenoxy) is 1. The molecule has 1 N–H and O–H groups in total. The van der Waals surface area contributed by atoms with E-state index in [1.165, 1.54) is 0 Å². The molecule has 0 bridgehead atoms. The molecule has 0 aliphatic carbocycles. The summed E-state index contributed by atoms with van der Waals surface area (Å²) in [6, 6.07) is 1.79. The van der Waals surface area contributed by atoms with Crippen molar-refractivity contribution >= 4 is 23.0 Å². The van der Waals surface area contributed by atoms with Gasteiger partial charge in [-0.3, -0.25) is 20.2 Å².